The van der Waals surface area contributed by atoms with Gasteiger partial charge in [0.05, 0.1) is 0 Å². The fraction of sp³-hybridized carbons (Fsp3) is 0.800. The minimum atomic E-state index is -4.82. The van der Waals surface area contributed by atoms with E-state index in [9.17, 15) is 18.0 Å². The SMILES string of the molecule is CCC[SiH2]OC(=O)C(F)(F)F. The third-order valence-electron chi connectivity index (χ3n) is 0.963. The van der Waals surface area contributed by atoms with Crippen LogP contribution in [0.25, 0.3) is 0 Å². The van der Waals surface area contributed by atoms with Gasteiger partial charge in [-0.1, -0.05) is 13.3 Å². The highest BCUT2D eigenvalue weighted by atomic mass is 28.2. The Labute approximate surface area is 64.7 Å². The van der Waals surface area contributed by atoms with Crippen LogP contribution in [0.1, 0.15) is 13.3 Å². The topological polar surface area (TPSA) is 26.3 Å². The van der Waals surface area contributed by atoms with Gasteiger partial charge in [0, 0.05) is 0 Å². The largest absolute Gasteiger partial charge is 0.518 e. The molecule has 0 unspecified atom stereocenters. The van der Waals surface area contributed by atoms with Crippen LogP contribution < -0.4 is 0 Å². The molecule has 0 saturated carbocycles. The molecule has 0 aliphatic heterocycles. The zero-order chi connectivity index (χ0) is 8.91. The number of alkyl halides is 3. The molecule has 0 aliphatic carbocycles. The van der Waals surface area contributed by atoms with Crippen molar-refractivity contribution in [3.05, 3.63) is 0 Å². The molecule has 0 radical (unpaired) electrons. The van der Waals surface area contributed by atoms with Crippen LogP contribution in [0.4, 0.5) is 13.2 Å². The van der Waals surface area contributed by atoms with Gasteiger partial charge in [0.1, 0.15) is 0 Å². The third-order valence-corrected chi connectivity index (χ3v) is 2.42. The Bertz CT molecular complexity index is 134. The molecule has 0 rings (SSSR count). The van der Waals surface area contributed by atoms with Gasteiger partial charge in [0.15, 0.2) is 0 Å². The number of carbonyl (C=O) groups excluding carboxylic acids is 1. The summed E-state index contributed by atoms with van der Waals surface area (Å²) < 4.78 is 38.3. The van der Waals surface area contributed by atoms with Crippen LogP contribution in [0.15, 0.2) is 0 Å². The van der Waals surface area contributed by atoms with Crippen molar-refractivity contribution >= 4 is 15.7 Å². The van der Waals surface area contributed by atoms with Crippen molar-refractivity contribution in [3.8, 4) is 0 Å². The molecule has 0 atom stereocenters. The van der Waals surface area contributed by atoms with Crippen molar-refractivity contribution in [2.24, 2.45) is 0 Å². The lowest BCUT2D eigenvalue weighted by Crippen LogP contribution is -2.26. The summed E-state index contributed by atoms with van der Waals surface area (Å²) in [4.78, 5) is 10.0. The van der Waals surface area contributed by atoms with E-state index in [1.165, 1.54) is 0 Å². The summed E-state index contributed by atoms with van der Waals surface area (Å²) in [6, 6.07) is 0.599. The summed E-state index contributed by atoms with van der Waals surface area (Å²) in [6.07, 6.45) is -4.06. The predicted molar refractivity (Wildman–Crippen MR) is 35.8 cm³/mol. The highest BCUT2D eigenvalue weighted by Gasteiger charge is 2.40. The van der Waals surface area contributed by atoms with Gasteiger partial charge < -0.3 is 4.43 Å². The van der Waals surface area contributed by atoms with E-state index in [0.717, 1.165) is 6.42 Å². The molecule has 0 spiro atoms. The zero-order valence-electron chi connectivity index (χ0n) is 6.07. The molecule has 0 aromatic rings. The highest BCUT2D eigenvalue weighted by molar-refractivity contribution is 6.30. The fourth-order valence-corrected chi connectivity index (χ4v) is 1.17. The van der Waals surface area contributed by atoms with Gasteiger partial charge in [-0.15, -0.1) is 0 Å². The third kappa shape index (κ3) is 4.83. The summed E-state index contributed by atoms with van der Waals surface area (Å²) in [5.74, 6) is -2.04. The molecule has 0 heterocycles. The van der Waals surface area contributed by atoms with Gasteiger partial charge in [-0.25, -0.2) is 4.79 Å². The first-order chi connectivity index (χ1) is 4.98. The minimum Gasteiger partial charge on any atom is -0.518 e. The predicted octanol–water partition coefficient (Wildman–Crippen LogP) is 1.00. The Balaban J connectivity index is 3.54. The molecule has 6 heteroatoms. The number of rotatable bonds is 3. The van der Waals surface area contributed by atoms with Crippen LogP contribution in [0, 0.1) is 0 Å². The average molecular weight is 186 g/mol. The molecule has 66 valence electrons. The maximum atomic E-state index is 11.4. The first-order valence-electron chi connectivity index (χ1n) is 3.22. The lowest BCUT2D eigenvalue weighted by atomic mass is 10.6. The minimum absolute atomic E-state index is 0.599. The van der Waals surface area contributed by atoms with E-state index in [2.05, 4.69) is 4.43 Å². The van der Waals surface area contributed by atoms with Crippen molar-refractivity contribution in [3.63, 3.8) is 0 Å². The number of hydrogen-bond donors (Lipinski definition) is 0. The molecule has 0 aliphatic rings. The van der Waals surface area contributed by atoms with Crippen LogP contribution in [-0.2, 0) is 9.22 Å². The summed E-state index contributed by atoms with van der Waals surface area (Å²) in [7, 11) is -1.29. The van der Waals surface area contributed by atoms with Gasteiger partial charge in [-0.3, -0.25) is 0 Å². The smallest absolute Gasteiger partial charge is 0.489 e. The Kier molecular flexibility index (Phi) is 4.17. The molecule has 0 amide bonds. The van der Waals surface area contributed by atoms with Crippen LogP contribution >= 0.6 is 0 Å². The van der Waals surface area contributed by atoms with Gasteiger partial charge >= 0.3 is 12.1 Å². The second-order valence-electron chi connectivity index (χ2n) is 1.99. The van der Waals surface area contributed by atoms with Gasteiger partial charge in [-0.2, -0.15) is 13.2 Å². The molecule has 2 nitrogen and oxygen atoms in total. The number of hydrogen-bond acceptors (Lipinski definition) is 2. The molecule has 0 aromatic carbocycles. The first-order valence-corrected chi connectivity index (χ1v) is 4.80. The normalized spacial score (nSPS) is 12.4. The molecule has 0 bridgehead atoms. The van der Waals surface area contributed by atoms with Crippen molar-refractivity contribution in [1.82, 2.24) is 0 Å². The van der Waals surface area contributed by atoms with E-state index in [1.54, 1.807) is 0 Å². The van der Waals surface area contributed by atoms with E-state index in [0.29, 0.717) is 6.04 Å². The summed E-state index contributed by atoms with van der Waals surface area (Å²) in [5, 5.41) is 0. The van der Waals surface area contributed by atoms with Gasteiger partial charge in [-0.05, 0) is 6.04 Å². The lowest BCUT2D eigenvalue weighted by molar-refractivity contribution is -0.189. The maximum absolute atomic E-state index is 11.4. The summed E-state index contributed by atoms with van der Waals surface area (Å²) in [6.45, 7) is 1.83. The standard InChI is InChI=1S/C5H9F3O2Si/c1-2-3-11-10-4(9)5(6,7)8/h2-3,11H2,1H3. The lowest BCUT2D eigenvalue weighted by Gasteiger charge is -2.05. The summed E-state index contributed by atoms with van der Waals surface area (Å²) in [5.41, 5.74) is 0. The van der Waals surface area contributed by atoms with E-state index in [-0.39, 0.29) is 0 Å². The van der Waals surface area contributed by atoms with Crippen molar-refractivity contribution in [1.29, 1.82) is 0 Å². The Hall–Kier alpha value is -0.523. The average Bonchev–Trinajstić information content (AvgIpc) is 1.86. The first kappa shape index (κ1) is 10.5. The van der Waals surface area contributed by atoms with E-state index >= 15 is 0 Å². The van der Waals surface area contributed by atoms with E-state index in [4.69, 9.17) is 0 Å². The zero-order valence-corrected chi connectivity index (χ0v) is 7.49. The number of halogens is 3. The summed E-state index contributed by atoms with van der Waals surface area (Å²) >= 11 is 0. The molecule has 0 fully saturated rings. The van der Waals surface area contributed by atoms with E-state index in [1.807, 2.05) is 6.92 Å². The number of carbonyl (C=O) groups is 1. The van der Waals surface area contributed by atoms with Crippen LogP contribution in [0.2, 0.25) is 6.04 Å². The Morgan fingerprint density at radius 1 is 1.55 bits per heavy atom. The van der Waals surface area contributed by atoms with Gasteiger partial charge in [0.25, 0.3) is 0 Å². The van der Waals surface area contributed by atoms with Crippen LogP contribution in [-0.4, -0.2) is 21.9 Å². The van der Waals surface area contributed by atoms with Crippen LogP contribution in [0.3, 0.4) is 0 Å². The molecule has 0 N–H and O–H groups in total. The highest BCUT2D eigenvalue weighted by Crippen LogP contribution is 2.16. The van der Waals surface area contributed by atoms with Crippen molar-refractivity contribution in [2.75, 3.05) is 0 Å². The quantitative estimate of drug-likeness (QED) is 0.485. The van der Waals surface area contributed by atoms with Crippen molar-refractivity contribution in [2.45, 2.75) is 25.6 Å². The molecular formula is C5H9F3O2Si. The Morgan fingerprint density at radius 2 is 2.09 bits per heavy atom. The van der Waals surface area contributed by atoms with E-state index < -0.39 is 21.9 Å². The molecule has 11 heavy (non-hydrogen) atoms. The maximum Gasteiger partial charge on any atom is 0.489 e. The fourth-order valence-electron chi connectivity index (χ4n) is 0.391. The van der Waals surface area contributed by atoms with Crippen molar-refractivity contribution < 1.29 is 22.4 Å². The molecular weight excluding hydrogens is 177 g/mol. The second-order valence-corrected chi connectivity index (χ2v) is 3.39. The monoisotopic (exact) mass is 186 g/mol. The molecule has 0 aromatic heterocycles. The van der Waals surface area contributed by atoms with Crippen LogP contribution in [0.5, 0.6) is 0 Å². The second kappa shape index (κ2) is 4.37. The molecule has 0 saturated heterocycles. The van der Waals surface area contributed by atoms with Gasteiger partial charge in [0.2, 0.25) is 9.76 Å². The Morgan fingerprint density at radius 3 is 2.45 bits per heavy atom.